The molecule has 2 aromatic carbocycles. The second-order valence-electron chi connectivity index (χ2n) is 6.02. The normalized spacial score (nSPS) is 14.5. The van der Waals surface area contributed by atoms with Crippen molar-refractivity contribution < 1.29 is 4.74 Å². The lowest BCUT2D eigenvalue weighted by molar-refractivity contribution is 0.414. The van der Waals surface area contributed by atoms with Crippen LogP contribution in [-0.2, 0) is 0 Å². The molecule has 0 saturated carbocycles. The second-order valence-corrected chi connectivity index (χ2v) is 7.25. The first-order chi connectivity index (χ1) is 12.3. The van der Waals surface area contributed by atoms with Crippen LogP contribution in [0.1, 0.15) is 0 Å². The molecule has 0 amide bonds. The summed E-state index contributed by atoms with van der Waals surface area (Å²) in [5.41, 5.74) is 4.60. The maximum absolute atomic E-state index is 5.29. The molecule has 0 radical (unpaired) electrons. The van der Waals surface area contributed by atoms with E-state index in [-0.39, 0.29) is 0 Å². The van der Waals surface area contributed by atoms with Crippen molar-refractivity contribution in [2.24, 2.45) is 0 Å². The van der Waals surface area contributed by atoms with Gasteiger partial charge in [-0.1, -0.05) is 18.2 Å². The van der Waals surface area contributed by atoms with E-state index in [1.807, 2.05) is 46.9 Å². The minimum atomic E-state index is 0.832. The minimum absolute atomic E-state index is 0.832. The van der Waals surface area contributed by atoms with Crippen LogP contribution in [0.25, 0.3) is 16.8 Å². The van der Waals surface area contributed by atoms with Crippen molar-refractivity contribution in [1.29, 1.82) is 0 Å². The number of ether oxygens (including phenoxy) is 1. The van der Waals surface area contributed by atoms with Gasteiger partial charge in [0, 0.05) is 48.1 Å². The maximum Gasteiger partial charge on any atom is 0.121 e. The SMILES string of the molecule is COc1cccc(-n2cc(-c3ccc(N4CCSCC4)cc3)cn2)c1. The summed E-state index contributed by atoms with van der Waals surface area (Å²) in [4.78, 5) is 2.46. The number of hydrogen-bond donors (Lipinski definition) is 0. The van der Waals surface area contributed by atoms with Crippen molar-refractivity contribution in [2.75, 3.05) is 36.6 Å². The molecule has 0 bridgehead atoms. The molecular weight excluding hydrogens is 330 g/mol. The largest absolute Gasteiger partial charge is 0.497 e. The topological polar surface area (TPSA) is 30.3 Å². The Kier molecular flexibility index (Phi) is 4.65. The van der Waals surface area contributed by atoms with Gasteiger partial charge in [-0.15, -0.1) is 0 Å². The van der Waals surface area contributed by atoms with Gasteiger partial charge >= 0.3 is 0 Å². The van der Waals surface area contributed by atoms with Gasteiger partial charge in [-0.2, -0.15) is 16.9 Å². The molecule has 0 unspecified atom stereocenters. The lowest BCUT2D eigenvalue weighted by Crippen LogP contribution is -2.32. The zero-order valence-electron chi connectivity index (χ0n) is 14.3. The first-order valence-corrected chi connectivity index (χ1v) is 9.61. The number of hydrogen-bond acceptors (Lipinski definition) is 4. The lowest BCUT2D eigenvalue weighted by atomic mass is 10.1. The predicted molar refractivity (Wildman–Crippen MR) is 105 cm³/mol. The Morgan fingerprint density at radius 2 is 1.76 bits per heavy atom. The monoisotopic (exact) mass is 351 g/mol. The molecule has 0 N–H and O–H groups in total. The number of rotatable bonds is 4. The molecule has 3 aromatic rings. The van der Waals surface area contributed by atoms with Crippen molar-refractivity contribution in [2.45, 2.75) is 0 Å². The highest BCUT2D eigenvalue weighted by molar-refractivity contribution is 7.99. The molecule has 25 heavy (non-hydrogen) atoms. The Morgan fingerprint density at radius 1 is 0.960 bits per heavy atom. The molecule has 1 aromatic heterocycles. The highest BCUT2D eigenvalue weighted by Crippen LogP contribution is 2.26. The zero-order valence-corrected chi connectivity index (χ0v) is 15.1. The molecule has 0 aliphatic carbocycles. The number of benzene rings is 2. The van der Waals surface area contributed by atoms with Crippen LogP contribution in [0.15, 0.2) is 60.9 Å². The summed E-state index contributed by atoms with van der Waals surface area (Å²) < 4.78 is 7.17. The van der Waals surface area contributed by atoms with E-state index >= 15 is 0 Å². The van der Waals surface area contributed by atoms with Gasteiger partial charge in [-0.25, -0.2) is 4.68 Å². The van der Waals surface area contributed by atoms with E-state index < -0.39 is 0 Å². The van der Waals surface area contributed by atoms with E-state index in [4.69, 9.17) is 4.74 Å². The lowest BCUT2D eigenvalue weighted by Gasteiger charge is -2.28. The molecule has 1 saturated heterocycles. The molecule has 4 nitrogen and oxygen atoms in total. The fourth-order valence-electron chi connectivity index (χ4n) is 3.05. The van der Waals surface area contributed by atoms with Crippen molar-refractivity contribution in [3.05, 3.63) is 60.9 Å². The van der Waals surface area contributed by atoms with E-state index in [1.54, 1.807) is 7.11 Å². The van der Waals surface area contributed by atoms with Crippen LogP contribution in [0.3, 0.4) is 0 Å². The Hall–Kier alpha value is -2.40. The number of anilines is 1. The fraction of sp³-hybridized carbons (Fsp3) is 0.250. The Bertz CT molecular complexity index is 838. The second kappa shape index (κ2) is 7.23. The van der Waals surface area contributed by atoms with Gasteiger partial charge in [-0.3, -0.25) is 0 Å². The molecule has 128 valence electrons. The van der Waals surface area contributed by atoms with E-state index in [1.165, 1.54) is 22.8 Å². The fourth-order valence-corrected chi connectivity index (χ4v) is 3.96. The standard InChI is InChI=1S/C20H21N3OS/c1-24-20-4-2-3-19(13-20)23-15-17(14-21-23)16-5-7-18(8-6-16)22-9-11-25-12-10-22/h2-8,13-15H,9-12H2,1H3. The summed E-state index contributed by atoms with van der Waals surface area (Å²) in [5.74, 6) is 3.27. The Labute approximate surface area is 152 Å². The van der Waals surface area contributed by atoms with Crippen LogP contribution in [0.2, 0.25) is 0 Å². The summed E-state index contributed by atoms with van der Waals surface area (Å²) in [6.45, 7) is 2.27. The van der Waals surface area contributed by atoms with Crippen molar-refractivity contribution in [3.63, 3.8) is 0 Å². The zero-order chi connectivity index (χ0) is 17.1. The molecule has 1 aliphatic rings. The number of aromatic nitrogens is 2. The smallest absolute Gasteiger partial charge is 0.121 e. The summed E-state index contributed by atoms with van der Waals surface area (Å²) in [6.07, 6.45) is 3.97. The maximum atomic E-state index is 5.29. The third kappa shape index (κ3) is 3.51. The molecule has 0 atom stereocenters. The van der Waals surface area contributed by atoms with Gasteiger partial charge in [0.25, 0.3) is 0 Å². The Balaban J connectivity index is 1.55. The van der Waals surface area contributed by atoms with Crippen LogP contribution in [-0.4, -0.2) is 41.5 Å². The molecule has 1 fully saturated rings. The molecule has 0 spiro atoms. The first-order valence-electron chi connectivity index (χ1n) is 8.46. The van der Waals surface area contributed by atoms with Crippen molar-refractivity contribution in [3.8, 4) is 22.6 Å². The van der Waals surface area contributed by atoms with Gasteiger partial charge < -0.3 is 9.64 Å². The van der Waals surface area contributed by atoms with Crippen LogP contribution < -0.4 is 9.64 Å². The van der Waals surface area contributed by atoms with E-state index in [0.717, 1.165) is 30.1 Å². The molecule has 2 heterocycles. The first kappa shape index (κ1) is 16.1. The number of thioether (sulfide) groups is 1. The molecule has 5 heteroatoms. The number of nitrogens with zero attached hydrogens (tertiary/aromatic N) is 3. The summed E-state index contributed by atoms with van der Waals surface area (Å²) >= 11 is 2.03. The van der Waals surface area contributed by atoms with Gasteiger partial charge in [0.1, 0.15) is 5.75 Å². The molecule has 1 aliphatic heterocycles. The quantitative estimate of drug-likeness (QED) is 0.708. The van der Waals surface area contributed by atoms with E-state index in [2.05, 4.69) is 40.5 Å². The van der Waals surface area contributed by atoms with E-state index in [9.17, 15) is 0 Å². The third-order valence-electron chi connectivity index (χ3n) is 4.48. The summed E-state index contributed by atoms with van der Waals surface area (Å²) in [7, 11) is 1.68. The highest BCUT2D eigenvalue weighted by atomic mass is 32.2. The van der Waals surface area contributed by atoms with Gasteiger partial charge in [0.2, 0.25) is 0 Å². The van der Waals surface area contributed by atoms with Crippen molar-refractivity contribution >= 4 is 17.4 Å². The third-order valence-corrected chi connectivity index (χ3v) is 5.42. The highest BCUT2D eigenvalue weighted by Gasteiger charge is 2.11. The molecular formula is C20H21N3OS. The van der Waals surface area contributed by atoms with Gasteiger partial charge in [-0.05, 0) is 29.8 Å². The van der Waals surface area contributed by atoms with Gasteiger partial charge in [0.05, 0.1) is 19.0 Å². The van der Waals surface area contributed by atoms with E-state index in [0.29, 0.717) is 0 Å². The molecule has 4 rings (SSSR count). The number of methoxy groups -OCH3 is 1. The summed E-state index contributed by atoms with van der Waals surface area (Å²) in [5, 5.41) is 4.50. The van der Waals surface area contributed by atoms with Crippen molar-refractivity contribution in [1.82, 2.24) is 9.78 Å². The Morgan fingerprint density at radius 3 is 2.52 bits per heavy atom. The van der Waals surface area contributed by atoms with Crippen LogP contribution >= 0.6 is 11.8 Å². The predicted octanol–water partition coefficient (Wildman–Crippen LogP) is 4.10. The van der Waals surface area contributed by atoms with Gasteiger partial charge in [0.15, 0.2) is 0 Å². The summed E-state index contributed by atoms with van der Waals surface area (Å²) in [6, 6.07) is 16.7. The average molecular weight is 351 g/mol. The van der Waals surface area contributed by atoms with Crippen LogP contribution in [0.4, 0.5) is 5.69 Å². The average Bonchev–Trinajstić information content (AvgIpc) is 3.19. The van der Waals surface area contributed by atoms with Crippen LogP contribution in [0, 0.1) is 0 Å². The van der Waals surface area contributed by atoms with Crippen LogP contribution in [0.5, 0.6) is 5.75 Å². The minimum Gasteiger partial charge on any atom is -0.497 e.